The Hall–Kier alpha value is -0.730. The molecule has 0 unspecified atom stereocenters. The normalized spacial score (nSPS) is 20.4. The van der Waals surface area contributed by atoms with Gasteiger partial charge in [0.1, 0.15) is 0 Å². The van der Waals surface area contributed by atoms with Gasteiger partial charge in [0.2, 0.25) is 0 Å². The van der Waals surface area contributed by atoms with Crippen LogP contribution in [0.5, 0.6) is 0 Å². The second-order valence-electron chi connectivity index (χ2n) is 6.27. The van der Waals surface area contributed by atoms with Gasteiger partial charge in [-0.1, -0.05) is 31.0 Å². The van der Waals surface area contributed by atoms with E-state index >= 15 is 0 Å². The van der Waals surface area contributed by atoms with Crippen LogP contribution in [0.25, 0.3) is 0 Å². The molecule has 1 saturated heterocycles. The van der Waals surface area contributed by atoms with Crippen molar-refractivity contribution in [1.82, 2.24) is 5.32 Å². The summed E-state index contributed by atoms with van der Waals surface area (Å²) in [6.07, 6.45) is 6.60. The van der Waals surface area contributed by atoms with Crippen LogP contribution in [0, 0.1) is 5.92 Å². The molecule has 1 saturated carbocycles. The molecule has 0 aromatic heterocycles. The Morgan fingerprint density at radius 3 is 2.55 bits per heavy atom. The lowest BCUT2D eigenvalue weighted by Crippen LogP contribution is -2.33. The maximum atomic E-state index is 6.44. The Balaban J connectivity index is 1.60. The van der Waals surface area contributed by atoms with Gasteiger partial charge < -0.3 is 10.2 Å². The first-order chi connectivity index (χ1) is 9.76. The Morgan fingerprint density at radius 2 is 1.95 bits per heavy atom. The summed E-state index contributed by atoms with van der Waals surface area (Å²) in [5, 5.41) is 4.44. The molecule has 2 aliphatic rings. The van der Waals surface area contributed by atoms with Crippen molar-refractivity contribution in [1.29, 1.82) is 0 Å². The van der Waals surface area contributed by atoms with Gasteiger partial charge in [-0.05, 0) is 49.3 Å². The summed E-state index contributed by atoms with van der Waals surface area (Å²) in [6, 6.07) is 7.32. The summed E-state index contributed by atoms with van der Waals surface area (Å²) in [6.45, 7) is 5.56. The Bertz CT molecular complexity index is 448. The zero-order valence-electron chi connectivity index (χ0n) is 12.4. The highest BCUT2D eigenvalue weighted by molar-refractivity contribution is 6.31. The van der Waals surface area contributed by atoms with Gasteiger partial charge in [-0.15, -0.1) is 0 Å². The van der Waals surface area contributed by atoms with Crippen molar-refractivity contribution in [3.8, 4) is 0 Å². The van der Waals surface area contributed by atoms with E-state index in [4.69, 9.17) is 11.6 Å². The van der Waals surface area contributed by atoms with E-state index in [1.807, 2.05) is 0 Å². The number of anilines is 1. The predicted molar refractivity (Wildman–Crippen MR) is 86.5 cm³/mol. The smallest absolute Gasteiger partial charge is 0.0471 e. The number of rotatable bonds is 5. The van der Waals surface area contributed by atoms with Gasteiger partial charge in [0.05, 0.1) is 0 Å². The van der Waals surface area contributed by atoms with Gasteiger partial charge in [0.25, 0.3) is 0 Å². The number of piperidine rings is 1. The molecule has 0 radical (unpaired) electrons. The largest absolute Gasteiger partial charge is 0.371 e. The van der Waals surface area contributed by atoms with Crippen molar-refractivity contribution in [2.75, 3.05) is 18.0 Å². The molecule has 2 fully saturated rings. The number of hydrogen-bond acceptors (Lipinski definition) is 2. The molecule has 0 amide bonds. The monoisotopic (exact) mass is 292 g/mol. The van der Waals surface area contributed by atoms with Crippen molar-refractivity contribution in [2.24, 2.45) is 5.92 Å². The van der Waals surface area contributed by atoms with Gasteiger partial charge in [0.15, 0.2) is 0 Å². The zero-order chi connectivity index (χ0) is 13.9. The first-order valence-electron chi connectivity index (χ1n) is 8.03. The molecule has 20 heavy (non-hydrogen) atoms. The molecule has 3 rings (SSSR count). The fraction of sp³-hybridized carbons (Fsp3) is 0.647. The zero-order valence-corrected chi connectivity index (χ0v) is 13.1. The third-order valence-electron chi connectivity index (χ3n) is 4.75. The van der Waals surface area contributed by atoms with Crippen LogP contribution in [-0.4, -0.2) is 19.1 Å². The number of benzene rings is 1. The molecule has 1 aromatic rings. The first-order valence-corrected chi connectivity index (χ1v) is 8.41. The fourth-order valence-electron chi connectivity index (χ4n) is 3.02. The summed E-state index contributed by atoms with van der Waals surface area (Å²) in [5.74, 6) is 0.920. The van der Waals surface area contributed by atoms with E-state index in [9.17, 15) is 0 Å². The minimum atomic E-state index is 0.735. The van der Waals surface area contributed by atoms with Crippen molar-refractivity contribution in [3.05, 3.63) is 28.8 Å². The molecular formula is C17H25ClN2. The second-order valence-corrected chi connectivity index (χ2v) is 6.68. The highest BCUT2D eigenvalue weighted by Gasteiger charge is 2.21. The highest BCUT2D eigenvalue weighted by atomic mass is 35.5. The van der Waals surface area contributed by atoms with Crippen LogP contribution < -0.4 is 10.2 Å². The Kier molecular flexibility index (Phi) is 4.52. The number of nitrogens with zero attached hydrogens (tertiary/aromatic N) is 1. The minimum absolute atomic E-state index is 0.735. The molecule has 1 heterocycles. The summed E-state index contributed by atoms with van der Waals surface area (Å²) < 4.78 is 0. The van der Waals surface area contributed by atoms with E-state index in [0.29, 0.717) is 0 Å². The molecule has 1 aromatic carbocycles. The van der Waals surface area contributed by atoms with E-state index in [1.54, 1.807) is 0 Å². The topological polar surface area (TPSA) is 15.3 Å². The third-order valence-corrected chi connectivity index (χ3v) is 5.10. The van der Waals surface area contributed by atoms with Crippen LogP contribution >= 0.6 is 11.6 Å². The van der Waals surface area contributed by atoms with Gasteiger partial charge >= 0.3 is 0 Å². The van der Waals surface area contributed by atoms with Gasteiger partial charge in [-0.25, -0.2) is 0 Å². The van der Waals surface area contributed by atoms with E-state index in [-0.39, 0.29) is 0 Å². The molecule has 2 nitrogen and oxygen atoms in total. The lowest BCUT2D eigenvalue weighted by Gasteiger charge is -2.33. The van der Waals surface area contributed by atoms with Crippen LogP contribution in [0.3, 0.4) is 0 Å². The summed E-state index contributed by atoms with van der Waals surface area (Å²) in [5.41, 5.74) is 2.52. The molecule has 1 aliphatic carbocycles. The predicted octanol–water partition coefficient (Wildman–Crippen LogP) is 4.22. The SMILES string of the molecule is CCC1CCN(c2ccc(CNC3CC3)c(Cl)c2)CC1. The van der Waals surface area contributed by atoms with Crippen molar-refractivity contribution >= 4 is 17.3 Å². The molecule has 1 aliphatic heterocycles. The Labute approximate surface area is 127 Å². The van der Waals surface area contributed by atoms with E-state index < -0.39 is 0 Å². The maximum Gasteiger partial charge on any atom is 0.0471 e. The maximum absolute atomic E-state index is 6.44. The van der Waals surface area contributed by atoms with Crippen LogP contribution in [0.15, 0.2) is 18.2 Å². The molecule has 0 atom stereocenters. The number of halogens is 1. The quantitative estimate of drug-likeness (QED) is 0.874. The summed E-state index contributed by atoms with van der Waals surface area (Å²) in [4.78, 5) is 2.48. The van der Waals surface area contributed by atoms with Crippen LogP contribution in [0.2, 0.25) is 5.02 Å². The third kappa shape index (κ3) is 3.48. The summed E-state index contributed by atoms with van der Waals surface area (Å²) >= 11 is 6.44. The lowest BCUT2D eigenvalue weighted by atomic mass is 9.94. The van der Waals surface area contributed by atoms with Gasteiger partial charge in [0, 0.05) is 36.4 Å². The van der Waals surface area contributed by atoms with E-state index in [0.717, 1.165) is 23.5 Å². The number of nitrogens with one attached hydrogen (secondary N) is 1. The highest BCUT2D eigenvalue weighted by Crippen LogP contribution is 2.29. The van der Waals surface area contributed by atoms with Crippen LogP contribution in [0.4, 0.5) is 5.69 Å². The Morgan fingerprint density at radius 1 is 1.20 bits per heavy atom. The molecule has 0 bridgehead atoms. The van der Waals surface area contributed by atoms with E-state index in [1.165, 1.54) is 56.4 Å². The van der Waals surface area contributed by atoms with Crippen LogP contribution in [0.1, 0.15) is 44.6 Å². The number of hydrogen-bond donors (Lipinski definition) is 1. The van der Waals surface area contributed by atoms with E-state index in [2.05, 4.69) is 35.3 Å². The summed E-state index contributed by atoms with van der Waals surface area (Å²) in [7, 11) is 0. The molecule has 3 heteroatoms. The average molecular weight is 293 g/mol. The molecular weight excluding hydrogens is 268 g/mol. The second kappa shape index (κ2) is 6.36. The van der Waals surface area contributed by atoms with Gasteiger partial charge in [-0.2, -0.15) is 0 Å². The first kappa shape index (κ1) is 14.2. The van der Waals surface area contributed by atoms with Gasteiger partial charge in [-0.3, -0.25) is 0 Å². The van der Waals surface area contributed by atoms with Crippen molar-refractivity contribution in [3.63, 3.8) is 0 Å². The van der Waals surface area contributed by atoms with Crippen molar-refractivity contribution in [2.45, 2.75) is 51.6 Å². The molecule has 1 N–H and O–H groups in total. The minimum Gasteiger partial charge on any atom is -0.371 e. The average Bonchev–Trinajstić information content (AvgIpc) is 3.30. The molecule has 110 valence electrons. The van der Waals surface area contributed by atoms with Crippen molar-refractivity contribution < 1.29 is 0 Å². The van der Waals surface area contributed by atoms with Crippen LogP contribution in [-0.2, 0) is 6.54 Å². The molecule has 0 spiro atoms. The lowest BCUT2D eigenvalue weighted by molar-refractivity contribution is 0.395. The fourth-order valence-corrected chi connectivity index (χ4v) is 3.26. The standard InChI is InChI=1S/C17H25ClN2/c1-2-13-7-9-20(10-8-13)16-6-3-14(17(18)11-16)12-19-15-4-5-15/h3,6,11,13,15,19H,2,4-5,7-10,12H2,1H3.